The molecule has 0 aliphatic heterocycles. The van der Waals surface area contributed by atoms with Gasteiger partial charge in [0, 0.05) is 6.26 Å². The number of benzene rings is 2. The van der Waals surface area contributed by atoms with E-state index in [2.05, 4.69) is 5.32 Å². The molecule has 6 heteroatoms. The summed E-state index contributed by atoms with van der Waals surface area (Å²) in [4.78, 5) is 12.3. The standard InChI is InChI=1S/C19H23NO4S/c1-14-4-8-17(9-5-14)24-13-12-19(21)20-15(2)16-6-10-18(11-7-16)25(3,22)23/h4-11,15H,12-13H2,1-3H3,(H,20,21)/t15-/m1/s1. The van der Waals surface area contributed by atoms with Crippen LogP contribution >= 0.6 is 0 Å². The van der Waals surface area contributed by atoms with Gasteiger partial charge in [-0.3, -0.25) is 4.79 Å². The summed E-state index contributed by atoms with van der Waals surface area (Å²) in [6, 6.07) is 14.0. The first-order valence-corrected chi connectivity index (χ1v) is 9.94. The van der Waals surface area contributed by atoms with E-state index in [0.29, 0.717) is 6.61 Å². The van der Waals surface area contributed by atoms with E-state index in [9.17, 15) is 13.2 Å². The Kier molecular flexibility index (Phi) is 6.20. The fourth-order valence-corrected chi connectivity index (χ4v) is 2.93. The predicted octanol–water partition coefficient (Wildman–Crippen LogP) is 3.04. The highest BCUT2D eigenvalue weighted by Crippen LogP contribution is 2.16. The largest absolute Gasteiger partial charge is 0.493 e. The number of sulfone groups is 1. The van der Waals surface area contributed by atoms with Crippen molar-refractivity contribution in [2.24, 2.45) is 0 Å². The molecule has 0 fully saturated rings. The lowest BCUT2D eigenvalue weighted by molar-refractivity contribution is -0.122. The first-order valence-electron chi connectivity index (χ1n) is 8.04. The fraction of sp³-hybridized carbons (Fsp3) is 0.316. The van der Waals surface area contributed by atoms with Crippen molar-refractivity contribution in [2.75, 3.05) is 12.9 Å². The zero-order valence-electron chi connectivity index (χ0n) is 14.7. The van der Waals surface area contributed by atoms with Gasteiger partial charge in [0.25, 0.3) is 0 Å². The van der Waals surface area contributed by atoms with Crippen LogP contribution in [0.3, 0.4) is 0 Å². The summed E-state index contributed by atoms with van der Waals surface area (Å²) in [7, 11) is -3.21. The van der Waals surface area contributed by atoms with Gasteiger partial charge < -0.3 is 10.1 Å². The Morgan fingerprint density at radius 1 is 1.08 bits per heavy atom. The van der Waals surface area contributed by atoms with Gasteiger partial charge in [-0.05, 0) is 43.7 Å². The van der Waals surface area contributed by atoms with Crippen LogP contribution in [0.25, 0.3) is 0 Å². The van der Waals surface area contributed by atoms with E-state index in [-0.39, 0.29) is 23.3 Å². The first kappa shape index (κ1) is 19.0. The van der Waals surface area contributed by atoms with E-state index in [0.717, 1.165) is 16.9 Å². The third kappa shape index (κ3) is 5.90. The Bertz CT molecular complexity index is 812. The molecule has 25 heavy (non-hydrogen) atoms. The van der Waals surface area contributed by atoms with Gasteiger partial charge in [0.1, 0.15) is 5.75 Å². The lowest BCUT2D eigenvalue weighted by atomic mass is 10.1. The molecule has 0 bridgehead atoms. The molecule has 0 spiro atoms. The highest BCUT2D eigenvalue weighted by Gasteiger charge is 2.12. The maximum Gasteiger partial charge on any atom is 0.223 e. The molecule has 2 aromatic rings. The van der Waals surface area contributed by atoms with E-state index in [4.69, 9.17) is 4.74 Å². The lowest BCUT2D eigenvalue weighted by Crippen LogP contribution is -2.27. The molecular weight excluding hydrogens is 338 g/mol. The summed E-state index contributed by atoms with van der Waals surface area (Å²) in [5.74, 6) is 0.620. The van der Waals surface area contributed by atoms with E-state index in [1.54, 1.807) is 24.3 Å². The minimum Gasteiger partial charge on any atom is -0.493 e. The zero-order valence-corrected chi connectivity index (χ0v) is 15.5. The van der Waals surface area contributed by atoms with Crippen molar-refractivity contribution in [3.63, 3.8) is 0 Å². The average Bonchev–Trinajstić information content (AvgIpc) is 2.56. The van der Waals surface area contributed by atoms with Crippen LogP contribution in [0, 0.1) is 6.92 Å². The van der Waals surface area contributed by atoms with Crippen LogP contribution in [0.4, 0.5) is 0 Å². The Morgan fingerprint density at radius 2 is 1.68 bits per heavy atom. The van der Waals surface area contributed by atoms with Gasteiger partial charge in [0.05, 0.1) is 24.0 Å². The molecule has 2 aromatic carbocycles. The molecule has 0 aromatic heterocycles. The van der Waals surface area contributed by atoms with Crippen molar-refractivity contribution in [3.05, 3.63) is 59.7 Å². The third-order valence-electron chi connectivity index (χ3n) is 3.80. The second-order valence-electron chi connectivity index (χ2n) is 6.04. The molecule has 1 N–H and O–H groups in total. The molecule has 2 rings (SSSR count). The minimum absolute atomic E-state index is 0.119. The van der Waals surface area contributed by atoms with Crippen LogP contribution in [0.2, 0.25) is 0 Å². The van der Waals surface area contributed by atoms with Crippen molar-refractivity contribution in [1.29, 1.82) is 0 Å². The molecule has 5 nitrogen and oxygen atoms in total. The number of carbonyl (C=O) groups is 1. The van der Waals surface area contributed by atoms with Gasteiger partial charge in [0.2, 0.25) is 5.91 Å². The number of ether oxygens (including phenoxy) is 1. The quantitative estimate of drug-likeness (QED) is 0.823. The van der Waals surface area contributed by atoms with Crippen molar-refractivity contribution in [2.45, 2.75) is 31.2 Å². The number of aryl methyl sites for hydroxylation is 1. The highest BCUT2D eigenvalue weighted by molar-refractivity contribution is 7.90. The second kappa shape index (κ2) is 8.16. The number of carbonyl (C=O) groups excluding carboxylic acids is 1. The summed E-state index contributed by atoms with van der Waals surface area (Å²) in [6.07, 6.45) is 1.42. The smallest absolute Gasteiger partial charge is 0.223 e. The predicted molar refractivity (Wildman–Crippen MR) is 97.4 cm³/mol. The molecule has 1 atom stereocenters. The Morgan fingerprint density at radius 3 is 2.24 bits per heavy atom. The van der Waals surface area contributed by atoms with Crippen molar-refractivity contribution in [3.8, 4) is 5.75 Å². The zero-order chi connectivity index (χ0) is 18.4. The molecule has 0 aliphatic rings. The SMILES string of the molecule is Cc1ccc(OCCC(=O)N[C@H](C)c2ccc(S(C)(=O)=O)cc2)cc1. The number of amides is 1. The molecule has 0 aliphatic carbocycles. The molecule has 0 radical (unpaired) electrons. The lowest BCUT2D eigenvalue weighted by Gasteiger charge is -2.15. The van der Waals surface area contributed by atoms with Gasteiger partial charge in [0.15, 0.2) is 9.84 Å². The Hall–Kier alpha value is -2.34. The highest BCUT2D eigenvalue weighted by atomic mass is 32.2. The van der Waals surface area contributed by atoms with Gasteiger partial charge in [-0.1, -0.05) is 29.8 Å². The molecular formula is C19H23NO4S. The number of rotatable bonds is 7. The Balaban J connectivity index is 1.82. The van der Waals surface area contributed by atoms with Crippen molar-refractivity contribution >= 4 is 15.7 Å². The van der Waals surface area contributed by atoms with Crippen LogP contribution in [0.15, 0.2) is 53.4 Å². The van der Waals surface area contributed by atoms with E-state index in [1.807, 2.05) is 38.1 Å². The summed E-state index contributed by atoms with van der Waals surface area (Å²) in [5, 5.41) is 2.88. The van der Waals surface area contributed by atoms with Gasteiger partial charge in [-0.2, -0.15) is 0 Å². The average molecular weight is 361 g/mol. The molecule has 0 unspecified atom stereocenters. The number of hydrogen-bond acceptors (Lipinski definition) is 4. The normalized spacial score (nSPS) is 12.4. The monoisotopic (exact) mass is 361 g/mol. The summed E-state index contributed by atoms with van der Waals surface area (Å²) in [5.41, 5.74) is 2.00. The second-order valence-corrected chi connectivity index (χ2v) is 8.06. The first-order chi connectivity index (χ1) is 11.8. The van der Waals surface area contributed by atoms with Gasteiger partial charge in [-0.15, -0.1) is 0 Å². The topological polar surface area (TPSA) is 72.5 Å². The van der Waals surface area contributed by atoms with Gasteiger partial charge >= 0.3 is 0 Å². The minimum atomic E-state index is -3.21. The summed E-state index contributed by atoms with van der Waals surface area (Å²) >= 11 is 0. The van der Waals surface area contributed by atoms with Crippen LogP contribution in [0.5, 0.6) is 5.75 Å². The van der Waals surface area contributed by atoms with Crippen molar-refractivity contribution < 1.29 is 17.9 Å². The van der Waals surface area contributed by atoms with Crippen molar-refractivity contribution in [1.82, 2.24) is 5.32 Å². The van der Waals surface area contributed by atoms with E-state index < -0.39 is 9.84 Å². The molecule has 0 saturated heterocycles. The van der Waals surface area contributed by atoms with Crippen LogP contribution in [-0.2, 0) is 14.6 Å². The summed E-state index contributed by atoms with van der Waals surface area (Å²) < 4.78 is 28.5. The fourth-order valence-electron chi connectivity index (χ4n) is 2.30. The maximum atomic E-state index is 12.0. The maximum absolute atomic E-state index is 12.0. The molecule has 0 saturated carbocycles. The molecule has 134 valence electrons. The van der Waals surface area contributed by atoms with Crippen LogP contribution in [0.1, 0.15) is 30.5 Å². The Labute approximate surface area is 148 Å². The van der Waals surface area contributed by atoms with Gasteiger partial charge in [-0.25, -0.2) is 8.42 Å². The van der Waals surface area contributed by atoms with E-state index in [1.165, 1.54) is 6.26 Å². The summed E-state index contributed by atoms with van der Waals surface area (Å²) in [6.45, 7) is 4.16. The number of hydrogen-bond donors (Lipinski definition) is 1. The molecule has 0 heterocycles. The molecule has 1 amide bonds. The third-order valence-corrected chi connectivity index (χ3v) is 4.93. The number of nitrogens with one attached hydrogen (secondary N) is 1. The van der Waals surface area contributed by atoms with Crippen LogP contribution < -0.4 is 10.1 Å². The van der Waals surface area contributed by atoms with Crippen LogP contribution in [-0.4, -0.2) is 27.2 Å². The van der Waals surface area contributed by atoms with E-state index >= 15 is 0 Å².